The maximum Gasteiger partial charge on any atom is 0.251 e. The van der Waals surface area contributed by atoms with Gasteiger partial charge in [-0.2, -0.15) is 0 Å². The number of carbonyl (C=O) groups is 2. The summed E-state index contributed by atoms with van der Waals surface area (Å²) in [6, 6.07) is 3.39. The number of phenols is 1. The summed E-state index contributed by atoms with van der Waals surface area (Å²) in [6.45, 7) is 12.8. The van der Waals surface area contributed by atoms with Gasteiger partial charge >= 0.3 is 0 Å². The van der Waals surface area contributed by atoms with E-state index in [-0.39, 0.29) is 34.4 Å². The normalized spacial score (nSPS) is 18.8. The highest BCUT2D eigenvalue weighted by molar-refractivity contribution is 5.95. The Hall–Kier alpha value is -2.04. The van der Waals surface area contributed by atoms with Crippen LogP contribution in [0.1, 0.15) is 82.3 Å². The molecule has 1 saturated heterocycles. The number of nitrogens with one attached hydrogen (secondary N) is 2. The molecule has 1 aliphatic rings. The molecular weight excluding hydrogens is 328 g/mol. The Morgan fingerprint density at radius 1 is 1.12 bits per heavy atom. The first-order valence-electron chi connectivity index (χ1n) is 9.35. The van der Waals surface area contributed by atoms with Crippen molar-refractivity contribution in [3.8, 4) is 5.75 Å². The molecule has 1 aromatic carbocycles. The average molecular weight is 360 g/mol. The van der Waals surface area contributed by atoms with Gasteiger partial charge in [-0.3, -0.25) is 9.59 Å². The van der Waals surface area contributed by atoms with E-state index in [2.05, 4.69) is 10.6 Å². The van der Waals surface area contributed by atoms with Gasteiger partial charge < -0.3 is 15.7 Å². The molecular formula is C21H32N2O3. The molecule has 0 saturated carbocycles. The zero-order valence-electron chi connectivity index (χ0n) is 16.8. The Kier molecular flexibility index (Phi) is 5.69. The van der Waals surface area contributed by atoms with Crippen LogP contribution >= 0.6 is 0 Å². The molecule has 5 nitrogen and oxygen atoms in total. The second kappa shape index (κ2) is 7.29. The zero-order chi connectivity index (χ0) is 19.7. The summed E-state index contributed by atoms with van der Waals surface area (Å²) >= 11 is 0. The summed E-state index contributed by atoms with van der Waals surface area (Å²) < 4.78 is 0. The lowest BCUT2D eigenvalue weighted by Gasteiger charge is -2.28. The van der Waals surface area contributed by atoms with E-state index in [4.69, 9.17) is 0 Å². The first-order chi connectivity index (χ1) is 11.9. The molecule has 1 unspecified atom stereocenters. The topological polar surface area (TPSA) is 78.4 Å². The molecule has 0 aliphatic carbocycles. The highest BCUT2D eigenvalue weighted by atomic mass is 16.3. The van der Waals surface area contributed by atoms with Crippen LogP contribution in [0.3, 0.4) is 0 Å². The number of aromatic hydroxyl groups is 1. The van der Waals surface area contributed by atoms with Gasteiger partial charge in [0.25, 0.3) is 5.91 Å². The third-order valence-electron chi connectivity index (χ3n) is 4.81. The molecule has 144 valence electrons. The fourth-order valence-corrected chi connectivity index (χ4v) is 3.28. The molecule has 1 aromatic rings. The van der Waals surface area contributed by atoms with E-state index in [0.717, 1.165) is 24.0 Å². The third-order valence-corrected chi connectivity index (χ3v) is 4.81. The Morgan fingerprint density at radius 2 is 1.65 bits per heavy atom. The molecule has 1 aliphatic heterocycles. The Morgan fingerprint density at radius 3 is 2.15 bits per heavy atom. The van der Waals surface area contributed by atoms with Crippen LogP contribution in [-0.4, -0.2) is 29.5 Å². The minimum absolute atomic E-state index is 0.0238. The number of hydrogen-bond donors (Lipinski definition) is 3. The molecule has 0 aromatic heterocycles. The number of phenolic OH excluding ortho intramolecular Hbond substituents is 1. The summed E-state index contributed by atoms with van der Waals surface area (Å²) in [5.74, 6) is 0.0420. The second-order valence-electron chi connectivity index (χ2n) is 9.29. The molecule has 1 heterocycles. The summed E-state index contributed by atoms with van der Waals surface area (Å²) in [5, 5.41) is 16.6. The molecule has 26 heavy (non-hydrogen) atoms. The van der Waals surface area contributed by atoms with Crippen molar-refractivity contribution in [2.24, 2.45) is 0 Å². The van der Waals surface area contributed by atoms with E-state index >= 15 is 0 Å². The highest BCUT2D eigenvalue weighted by Crippen LogP contribution is 2.39. The van der Waals surface area contributed by atoms with Crippen LogP contribution in [0.15, 0.2) is 12.1 Å². The van der Waals surface area contributed by atoms with Crippen LogP contribution in [-0.2, 0) is 15.6 Å². The number of rotatable bonds is 2. The number of amides is 2. The summed E-state index contributed by atoms with van der Waals surface area (Å²) in [7, 11) is 0. The first kappa shape index (κ1) is 20.3. The van der Waals surface area contributed by atoms with Gasteiger partial charge in [0.1, 0.15) is 5.75 Å². The van der Waals surface area contributed by atoms with Crippen molar-refractivity contribution in [1.82, 2.24) is 10.6 Å². The van der Waals surface area contributed by atoms with Crippen LogP contribution in [0, 0.1) is 0 Å². The third kappa shape index (κ3) is 4.77. The van der Waals surface area contributed by atoms with Crippen molar-refractivity contribution in [2.75, 3.05) is 6.54 Å². The van der Waals surface area contributed by atoms with Crippen LogP contribution in [0.2, 0.25) is 0 Å². The standard InChI is InChI=1S/C21H32N2O3/c1-20(2,3)15-10-13(11-16(18(15)25)21(4,5)6)19(26)23-14-8-7-9-22-17(24)12-14/h10-11,14,25H,7-9,12H2,1-6H3,(H,22,24)(H,23,26). The SMILES string of the molecule is CC(C)(C)c1cc(C(=O)NC2CCCNC(=O)C2)cc(C(C)(C)C)c1O. The zero-order valence-corrected chi connectivity index (χ0v) is 16.8. The van der Waals surface area contributed by atoms with Gasteiger partial charge in [0.2, 0.25) is 5.91 Å². The predicted octanol–water partition coefficient (Wildman–Crippen LogP) is 3.39. The van der Waals surface area contributed by atoms with Crippen molar-refractivity contribution in [3.05, 3.63) is 28.8 Å². The lowest BCUT2D eigenvalue weighted by molar-refractivity contribution is -0.121. The van der Waals surface area contributed by atoms with Gasteiger partial charge in [0.05, 0.1) is 0 Å². The maximum absolute atomic E-state index is 12.9. The van der Waals surface area contributed by atoms with Gasteiger partial charge in [0.15, 0.2) is 0 Å². The molecule has 0 bridgehead atoms. The largest absolute Gasteiger partial charge is 0.507 e. The number of benzene rings is 1. The van der Waals surface area contributed by atoms with Gasteiger partial charge in [-0.15, -0.1) is 0 Å². The summed E-state index contributed by atoms with van der Waals surface area (Å²) in [6.07, 6.45) is 1.94. The number of hydrogen-bond acceptors (Lipinski definition) is 3. The maximum atomic E-state index is 12.9. The molecule has 2 rings (SSSR count). The van der Waals surface area contributed by atoms with E-state index in [1.807, 2.05) is 41.5 Å². The van der Waals surface area contributed by atoms with Gasteiger partial charge in [-0.1, -0.05) is 41.5 Å². The van der Waals surface area contributed by atoms with Gasteiger partial charge in [0, 0.05) is 35.7 Å². The van der Waals surface area contributed by atoms with Crippen LogP contribution in [0.4, 0.5) is 0 Å². The van der Waals surface area contributed by atoms with Gasteiger partial charge in [-0.05, 0) is 35.8 Å². The van der Waals surface area contributed by atoms with E-state index in [1.54, 1.807) is 12.1 Å². The lowest BCUT2D eigenvalue weighted by atomic mass is 9.78. The van der Waals surface area contributed by atoms with Crippen molar-refractivity contribution < 1.29 is 14.7 Å². The number of carbonyl (C=O) groups excluding carboxylic acids is 2. The van der Waals surface area contributed by atoms with Crippen LogP contribution in [0.5, 0.6) is 5.75 Å². The predicted molar refractivity (Wildman–Crippen MR) is 104 cm³/mol. The molecule has 2 amide bonds. The fraction of sp³-hybridized carbons (Fsp3) is 0.619. The molecule has 1 fully saturated rings. The van der Waals surface area contributed by atoms with Crippen molar-refractivity contribution in [1.29, 1.82) is 0 Å². The molecule has 0 spiro atoms. The average Bonchev–Trinajstić information content (AvgIpc) is 2.69. The Balaban J connectivity index is 2.38. The van der Waals surface area contributed by atoms with Crippen LogP contribution < -0.4 is 10.6 Å². The van der Waals surface area contributed by atoms with Gasteiger partial charge in [-0.25, -0.2) is 0 Å². The van der Waals surface area contributed by atoms with E-state index in [1.165, 1.54) is 0 Å². The molecule has 1 atom stereocenters. The Labute approximate surface area is 156 Å². The summed E-state index contributed by atoms with van der Waals surface area (Å²) in [4.78, 5) is 24.6. The van der Waals surface area contributed by atoms with E-state index < -0.39 is 0 Å². The quantitative estimate of drug-likeness (QED) is 0.756. The van der Waals surface area contributed by atoms with Crippen LogP contribution in [0.25, 0.3) is 0 Å². The van der Waals surface area contributed by atoms with E-state index in [0.29, 0.717) is 18.5 Å². The van der Waals surface area contributed by atoms with Crippen molar-refractivity contribution >= 4 is 11.8 Å². The molecule has 3 N–H and O–H groups in total. The lowest BCUT2D eigenvalue weighted by Crippen LogP contribution is -2.37. The minimum Gasteiger partial charge on any atom is -0.507 e. The first-order valence-corrected chi connectivity index (χ1v) is 9.35. The Bertz CT molecular complexity index is 661. The fourth-order valence-electron chi connectivity index (χ4n) is 3.28. The van der Waals surface area contributed by atoms with Crippen molar-refractivity contribution in [2.45, 2.75) is 77.7 Å². The molecule has 5 heteroatoms. The monoisotopic (exact) mass is 360 g/mol. The minimum atomic E-state index is -0.289. The molecule has 0 radical (unpaired) electrons. The van der Waals surface area contributed by atoms with Crippen molar-refractivity contribution in [3.63, 3.8) is 0 Å². The smallest absolute Gasteiger partial charge is 0.251 e. The van der Waals surface area contributed by atoms with E-state index in [9.17, 15) is 14.7 Å². The highest BCUT2D eigenvalue weighted by Gasteiger charge is 2.28. The summed E-state index contributed by atoms with van der Waals surface area (Å²) in [5.41, 5.74) is 1.47. The second-order valence-corrected chi connectivity index (χ2v) is 9.29.